The van der Waals surface area contributed by atoms with Crippen molar-refractivity contribution in [1.29, 1.82) is 0 Å². The van der Waals surface area contributed by atoms with Crippen molar-refractivity contribution in [3.8, 4) is 11.4 Å². The normalized spacial score (nSPS) is 21.5. The van der Waals surface area contributed by atoms with Crippen LogP contribution >= 0.6 is 0 Å². The molecular weight excluding hydrogens is 308 g/mol. The lowest BCUT2D eigenvalue weighted by Crippen LogP contribution is -2.61. The van der Waals surface area contributed by atoms with Gasteiger partial charge in [-0.3, -0.25) is 9.59 Å². The van der Waals surface area contributed by atoms with Crippen LogP contribution in [0.25, 0.3) is 11.4 Å². The molecule has 0 saturated carbocycles. The second kappa shape index (κ2) is 6.07. The van der Waals surface area contributed by atoms with Crippen LogP contribution in [-0.4, -0.2) is 50.9 Å². The van der Waals surface area contributed by atoms with Gasteiger partial charge in [-0.15, -0.1) is 0 Å². The molecule has 1 aliphatic heterocycles. The Hall–Kier alpha value is -2.70. The molecule has 3 rings (SSSR count). The summed E-state index contributed by atoms with van der Waals surface area (Å²) in [5, 5.41) is 4.00. The van der Waals surface area contributed by atoms with Crippen molar-refractivity contribution in [2.75, 3.05) is 7.05 Å². The van der Waals surface area contributed by atoms with Crippen molar-refractivity contribution in [2.24, 2.45) is 0 Å². The fraction of sp³-hybridized carbons (Fsp3) is 0.412. The molecule has 2 amide bonds. The summed E-state index contributed by atoms with van der Waals surface area (Å²) in [6.45, 7) is 5.52. The zero-order chi connectivity index (χ0) is 17.4. The van der Waals surface area contributed by atoms with Gasteiger partial charge in [0.15, 0.2) is 0 Å². The Balaban J connectivity index is 1.83. The standard InChI is InChI=1S/C17H20N4O3/c1-10-7-5-6-8-13(10)15-18-14(24-19-15)9-21-12(3)16(22)20(4)11(2)17(21)23/h5-8,11-12H,9H2,1-4H3/t11-,12-/m0/s1. The number of likely N-dealkylation sites (N-methyl/N-ethyl adjacent to an activating group) is 1. The predicted octanol–water partition coefficient (Wildman–Crippen LogP) is 1.62. The summed E-state index contributed by atoms with van der Waals surface area (Å²) in [5.41, 5.74) is 1.92. The van der Waals surface area contributed by atoms with Crippen LogP contribution < -0.4 is 0 Å². The molecule has 24 heavy (non-hydrogen) atoms. The highest BCUT2D eigenvalue weighted by molar-refractivity contribution is 5.96. The monoisotopic (exact) mass is 328 g/mol. The highest BCUT2D eigenvalue weighted by Crippen LogP contribution is 2.22. The number of amides is 2. The first-order chi connectivity index (χ1) is 11.4. The number of piperazine rings is 1. The first kappa shape index (κ1) is 16.2. The minimum atomic E-state index is -0.549. The van der Waals surface area contributed by atoms with E-state index < -0.39 is 12.1 Å². The third-order valence-corrected chi connectivity index (χ3v) is 4.55. The van der Waals surface area contributed by atoms with Gasteiger partial charge in [0.05, 0.1) is 0 Å². The summed E-state index contributed by atoms with van der Waals surface area (Å²) < 4.78 is 5.29. The van der Waals surface area contributed by atoms with Crippen LogP contribution in [0.3, 0.4) is 0 Å². The van der Waals surface area contributed by atoms with E-state index in [1.165, 1.54) is 9.80 Å². The van der Waals surface area contributed by atoms with Crippen LogP contribution in [0.2, 0.25) is 0 Å². The first-order valence-corrected chi connectivity index (χ1v) is 7.86. The van der Waals surface area contributed by atoms with Crippen molar-refractivity contribution in [3.05, 3.63) is 35.7 Å². The Bertz CT molecular complexity index is 786. The largest absolute Gasteiger partial charge is 0.337 e. The van der Waals surface area contributed by atoms with E-state index >= 15 is 0 Å². The van der Waals surface area contributed by atoms with Crippen LogP contribution in [0.5, 0.6) is 0 Å². The number of hydrogen-bond donors (Lipinski definition) is 0. The highest BCUT2D eigenvalue weighted by Gasteiger charge is 2.40. The minimum absolute atomic E-state index is 0.0965. The van der Waals surface area contributed by atoms with E-state index in [1.54, 1.807) is 20.9 Å². The number of hydrogen-bond acceptors (Lipinski definition) is 5. The zero-order valence-corrected chi connectivity index (χ0v) is 14.2. The van der Waals surface area contributed by atoms with Gasteiger partial charge in [-0.1, -0.05) is 29.4 Å². The highest BCUT2D eigenvalue weighted by atomic mass is 16.5. The van der Waals surface area contributed by atoms with Gasteiger partial charge >= 0.3 is 0 Å². The van der Waals surface area contributed by atoms with Crippen LogP contribution in [-0.2, 0) is 16.1 Å². The van der Waals surface area contributed by atoms with Gasteiger partial charge < -0.3 is 14.3 Å². The number of nitrogens with zero attached hydrogens (tertiary/aromatic N) is 4. The molecule has 0 radical (unpaired) electrons. The summed E-state index contributed by atoms with van der Waals surface area (Å²) in [6, 6.07) is 6.69. The van der Waals surface area contributed by atoms with Crippen molar-refractivity contribution in [1.82, 2.24) is 19.9 Å². The van der Waals surface area contributed by atoms with Crippen LogP contribution in [0, 0.1) is 6.92 Å². The van der Waals surface area contributed by atoms with E-state index in [0.29, 0.717) is 11.7 Å². The quantitative estimate of drug-likeness (QED) is 0.855. The van der Waals surface area contributed by atoms with E-state index in [4.69, 9.17) is 4.52 Å². The first-order valence-electron chi connectivity index (χ1n) is 7.86. The van der Waals surface area contributed by atoms with E-state index in [-0.39, 0.29) is 18.4 Å². The average Bonchev–Trinajstić information content (AvgIpc) is 3.04. The Morgan fingerprint density at radius 2 is 1.83 bits per heavy atom. The smallest absolute Gasteiger partial charge is 0.246 e. The molecule has 1 aliphatic rings. The maximum absolute atomic E-state index is 12.5. The van der Waals surface area contributed by atoms with Crippen LogP contribution in [0.4, 0.5) is 0 Å². The molecule has 2 aromatic rings. The maximum atomic E-state index is 12.5. The number of carbonyl (C=O) groups is 2. The zero-order valence-electron chi connectivity index (χ0n) is 14.2. The molecule has 7 nitrogen and oxygen atoms in total. The molecule has 0 unspecified atom stereocenters. The number of aromatic nitrogens is 2. The van der Waals surface area contributed by atoms with Gasteiger partial charge in [-0.05, 0) is 26.3 Å². The Kier molecular flexibility index (Phi) is 4.09. The number of carbonyl (C=O) groups excluding carboxylic acids is 2. The molecular formula is C17H20N4O3. The van der Waals surface area contributed by atoms with Gasteiger partial charge in [0, 0.05) is 12.6 Å². The molecule has 7 heteroatoms. The summed E-state index contributed by atoms with van der Waals surface area (Å²) in [6.07, 6.45) is 0. The molecule has 1 saturated heterocycles. The number of benzene rings is 1. The molecule has 0 N–H and O–H groups in total. The van der Waals surface area contributed by atoms with Crippen molar-refractivity contribution in [2.45, 2.75) is 39.4 Å². The summed E-state index contributed by atoms with van der Waals surface area (Å²) in [7, 11) is 1.64. The van der Waals surface area contributed by atoms with E-state index in [9.17, 15) is 9.59 Å². The SMILES string of the molecule is Cc1ccccc1-c1noc(CN2C(=O)[C@H](C)N(C)C(=O)[C@@H]2C)n1. The lowest BCUT2D eigenvalue weighted by atomic mass is 10.1. The lowest BCUT2D eigenvalue weighted by Gasteiger charge is -2.40. The molecule has 0 aliphatic carbocycles. The molecule has 0 spiro atoms. The third-order valence-electron chi connectivity index (χ3n) is 4.55. The van der Waals surface area contributed by atoms with Crippen LogP contribution in [0.15, 0.2) is 28.8 Å². The molecule has 1 aromatic heterocycles. The fourth-order valence-electron chi connectivity index (χ4n) is 2.83. The van der Waals surface area contributed by atoms with E-state index in [1.807, 2.05) is 31.2 Å². The third kappa shape index (κ3) is 2.66. The molecule has 126 valence electrons. The van der Waals surface area contributed by atoms with Gasteiger partial charge in [-0.2, -0.15) is 4.98 Å². The van der Waals surface area contributed by atoms with E-state index in [0.717, 1.165) is 11.1 Å². The molecule has 2 atom stereocenters. The molecule has 0 bridgehead atoms. The average molecular weight is 328 g/mol. The Morgan fingerprint density at radius 1 is 1.12 bits per heavy atom. The lowest BCUT2D eigenvalue weighted by molar-refractivity contribution is -0.159. The summed E-state index contributed by atoms with van der Waals surface area (Å²) >= 11 is 0. The molecule has 1 fully saturated rings. The van der Waals surface area contributed by atoms with Gasteiger partial charge in [0.1, 0.15) is 18.6 Å². The topological polar surface area (TPSA) is 79.5 Å². The molecule has 2 heterocycles. The van der Waals surface area contributed by atoms with Crippen molar-refractivity contribution in [3.63, 3.8) is 0 Å². The number of rotatable bonds is 3. The van der Waals surface area contributed by atoms with Crippen molar-refractivity contribution < 1.29 is 14.1 Å². The summed E-state index contributed by atoms with van der Waals surface area (Å²) in [4.78, 5) is 32.0. The fourth-order valence-corrected chi connectivity index (χ4v) is 2.83. The Morgan fingerprint density at radius 3 is 2.54 bits per heavy atom. The van der Waals surface area contributed by atoms with Gasteiger partial charge in [0.2, 0.25) is 23.5 Å². The summed E-state index contributed by atoms with van der Waals surface area (Å²) in [5.74, 6) is 0.579. The van der Waals surface area contributed by atoms with Crippen molar-refractivity contribution >= 4 is 11.8 Å². The van der Waals surface area contributed by atoms with Gasteiger partial charge in [0.25, 0.3) is 0 Å². The van der Waals surface area contributed by atoms with Gasteiger partial charge in [-0.25, -0.2) is 0 Å². The second-order valence-corrected chi connectivity index (χ2v) is 6.09. The Labute approximate surface area is 140 Å². The predicted molar refractivity (Wildman–Crippen MR) is 86.7 cm³/mol. The minimum Gasteiger partial charge on any atom is -0.337 e. The second-order valence-electron chi connectivity index (χ2n) is 6.09. The molecule has 1 aromatic carbocycles. The number of aryl methyl sites for hydroxylation is 1. The van der Waals surface area contributed by atoms with Crippen LogP contribution in [0.1, 0.15) is 25.3 Å². The van der Waals surface area contributed by atoms with E-state index in [2.05, 4.69) is 10.1 Å². The maximum Gasteiger partial charge on any atom is 0.246 e.